The summed E-state index contributed by atoms with van der Waals surface area (Å²) in [4.78, 5) is 15.4. The molecule has 2 aromatic heterocycles. The van der Waals surface area contributed by atoms with Crippen LogP contribution in [0.3, 0.4) is 0 Å². The first-order valence-electron chi connectivity index (χ1n) is 7.69. The van der Waals surface area contributed by atoms with E-state index in [0.717, 1.165) is 23.4 Å². The fraction of sp³-hybridized carbons (Fsp3) is 0.235. The fourth-order valence-electron chi connectivity index (χ4n) is 2.60. The molecule has 1 N–H and O–H groups in total. The highest BCUT2D eigenvalue weighted by Crippen LogP contribution is 2.31. The molecule has 0 saturated carbocycles. The smallest absolute Gasteiger partial charge is 0.216 e. The van der Waals surface area contributed by atoms with Crippen molar-refractivity contribution in [2.75, 3.05) is 6.54 Å². The van der Waals surface area contributed by atoms with Crippen LogP contribution in [0.15, 0.2) is 36.9 Å². The van der Waals surface area contributed by atoms with Gasteiger partial charge in [-0.1, -0.05) is 0 Å². The molecule has 1 aromatic carbocycles. The maximum Gasteiger partial charge on any atom is 0.216 e. The summed E-state index contributed by atoms with van der Waals surface area (Å²) in [6.45, 7) is 2.36. The number of nitrogens with zero attached hydrogens (tertiary/aromatic N) is 4. The van der Waals surface area contributed by atoms with Crippen molar-refractivity contribution < 1.29 is 13.6 Å². The average molecular weight is 345 g/mol. The van der Waals surface area contributed by atoms with Crippen molar-refractivity contribution >= 4 is 5.91 Å². The lowest BCUT2D eigenvalue weighted by Gasteiger charge is -2.09. The van der Waals surface area contributed by atoms with Crippen LogP contribution in [-0.2, 0) is 18.4 Å². The molecule has 0 radical (unpaired) electrons. The molecule has 8 heteroatoms. The second kappa shape index (κ2) is 6.84. The summed E-state index contributed by atoms with van der Waals surface area (Å²) in [5.41, 5.74) is 2.51. The molecular formula is C17H17F2N5O. The number of aryl methyl sites for hydroxylation is 1. The van der Waals surface area contributed by atoms with Gasteiger partial charge < -0.3 is 9.88 Å². The van der Waals surface area contributed by atoms with Crippen LogP contribution in [0.5, 0.6) is 0 Å². The van der Waals surface area contributed by atoms with Crippen molar-refractivity contribution in [3.8, 4) is 22.5 Å². The molecule has 0 saturated heterocycles. The van der Waals surface area contributed by atoms with E-state index in [9.17, 15) is 13.6 Å². The first-order chi connectivity index (χ1) is 12.0. The van der Waals surface area contributed by atoms with Gasteiger partial charge in [0.2, 0.25) is 5.91 Å². The van der Waals surface area contributed by atoms with Crippen molar-refractivity contribution in [2.24, 2.45) is 7.05 Å². The van der Waals surface area contributed by atoms with Crippen molar-refractivity contribution in [1.82, 2.24) is 24.6 Å². The molecule has 0 aliphatic carbocycles. The monoisotopic (exact) mass is 345 g/mol. The summed E-state index contributed by atoms with van der Waals surface area (Å²) in [5, 5.41) is 6.89. The Morgan fingerprint density at radius 1 is 1.24 bits per heavy atom. The number of halogens is 2. The topological polar surface area (TPSA) is 64.7 Å². The summed E-state index contributed by atoms with van der Waals surface area (Å²) in [7, 11) is 1.79. The number of nitrogens with one attached hydrogen (secondary N) is 1. The van der Waals surface area contributed by atoms with Gasteiger partial charge in [-0.3, -0.25) is 9.48 Å². The van der Waals surface area contributed by atoms with E-state index in [1.165, 1.54) is 13.0 Å². The van der Waals surface area contributed by atoms with Crippen molar-refractivity contribution in [3.63, 3.8) is 0 Å². The van der Waals surface area contributed by atoms with Crippen LogP contribution < -0.4 is 5.32 Å². The van der Waals surface area contributed by atoms with Gasteiger partial charge in [0.25, 0.3) is 0 Å². The van der Waals surface area contributed by atoms with E-state index in [-0.39, 0.29) is 5.91 Å². The Bertz CT molecular complexity index is 916. The zero-order valence-electron chi connectivity index (χ0n) is 13.8. The number of aromatic nitrogens is 4. The van der Waals surface area contributed by atoms with E-state index in [0.29, 0.717) is 24.3 Å². The van der Waals surface area contributed by atoms with Crippen LogP contribution in [-0.4, -0.2) is 31.8 Å². The Kier molecular flexibility index (Phi) is 4.60. The number of carbonyl (C=O) groups excluding carboxylic acids is 1. The molecule has 0 aliphatic rings. The lowest BCUT2D eigenvalue weighted by molar-refractivity contribution is -0.118. The number of imidazole rings is 1. The molecule has 1 amide bonds. The molecule has 3 rings (SSSR count). The largest absolute Gasteiger partial charge is 0.355 e. The minimum absolute atomic E-state index is 0.121. The molecule has 0 atom stereocenters. The van der Waals surface area contributed by atoms with Gasteiger partial charge in [0.15, 0.2) is 11.6 Å². The standard InChI is InChI=1S/C17H17F2N5O/c1-11(25)20-5-6-24-10-21-16(12-3-4-14(18)15(19)7-12)17(24)13-8-22-23(2)9-13/h3-4,7-10H,5-6H2,1-2H3,(H,20,25). The molecule has 0 aliphatic heterocycles. The van der Waals surface area contributed by atoms with Crippen LogP contribution >= 0.6 is 0 Å². The summed E-state index contributed by atoms with van der Waals surface area (Å²) in [5.74, 6) is -1.96. The Labute approximate surface area is 143 Å². The highest BCUT2D eigenvalue weighted by atomic mass is 19.2. The van der Waals surface area contributed by atoms with Crippen LogP contribution in [0.4, 0.5) is 8.78 Å². The second-order valence-electron chi connectivity index (χ2n) is 5.65. The number of hydrogen-bond acceptors (Lipinski definition) is 3. The quantitative estimate of drug-likeness (QED) is 0.772. The molecular weight excluding hydrogens is 328 g/mol. The van der Waals surface area contributed by atoms with Gasteiger partial charge in [0.1, 0.15) is 0 Å². The van der Waals surface area contributed by atoms with Gasteiger partial charge in [-0.05, 0) is 18.2 Å². The zero-order valence-corrected chi connectivity index (χ0v) is 13.8. The average Bonchev–Trinajstić information content (AvgIpc) is 3.16. The number of rotatable bonds is 5. The van der Waals surface area contributed by atoms with Gasteiger partial charge in [0, 0.05) is 44.4 Å². The van der Waals surface area contributed by atoms with E-state index in [4.69, 9.17) is 0 Å². The van der Waals surface area contributed by atoms with Gasteiger partial charge in [0.05, 0.1) is 23.9 Å². The number of carbonyl (C=O) groups is 1. The number of amides is 1. The molecule has 25 heavy (non-hydrogen) atoms. The molecule has 0 fully saturated rings. The van der Waals surface area contributed by atoms with Crippen molar-refractivity contribution in [1.29, 1.82) is 0 Å². The molecule has 2 heterocycles. The molecule has 3 aromatic rings. The van der Waals surface area contributed by atoms with E-state index >= 15 is 0 Å². The first-order valence-corrected chi connectivity index (χ1v) is 7.69. The molecule has 0 bridgehead atoms. The lowest BCUT2D eigenvalue weighted by Crippen LogP contribution is -2.24. The normalized spacial score (nSPS) is 10.9. The van der Waals surface area contributed by atoms with E-state index in [1.54, 1.807) is 24.3 Å². The maximum atomic E-state index is 13.6. The number of hydrogen-bond donors (Lipinski definition) is 1. The lowest BCUT2D eigenvalue weighted by atomic mass is 10.1. The minimum Gasteiger partial charge on any atom is -0.355 e. The summed E-state index contributed by atoms with van der Waals surface area (Å²) < 4.78 is 30.4. The fourth-order valence-corrected chi connectivity index (χ4v) is 2.60. The highest BCUT2D eigenvalue weighted by molar-refractivity contribution is 5.78. The number of benzene rings is 1. The van der Waals surface area contributed by atoms with Gasteiger partial charge in [-0.25, -0.2) is 13.8 Å². The van der Waals surface area contributed by atoms with Crippen LogP contribution in [0.2, 0.25) is 0 Å². The zero-order chi connectivity index (χ0) is 18.0. The van der Waals surface area contributed by atoms with E-state index < -0.39 is 11.6 Å². The predicted molar refractivity (Wildman–Crippen MR) is 88.5 cm³/mol. The summed E-state index contributed by atoms with van der Waals surface area (Å²) in [6, 6.07) is 3.68. The van der Waals surface area contributed by atoms with Crippen LogP contribution in [0.1, 0.15) is 6.92 Å². The van der Waals surface area contributed by atoms with E-state index in [1.807, 2.05) is 10.8 Å². The van der Waals surface area contributed by atoms with Crippen LogP contribution in [0, 0.1) is 11.6 Å². The van der Waals surface area contributed by atoms with Gasteiger partial charge in [-0.2, -0.15) is 5.10 Å². The minimum atomic E-state index is -0.928. The maximum absolute atomic E-state index is 13.6. The summed E-state index contributed by atoms with van der Waals surface area (Å²) >= 11 is 0. The van der Waals surface area contributed by atoms with Crippen molar-refractivity contribution in [2.45, 2.75) is 13.5 Å². The third kappa shape index (κ3) is 3.57. The third-order valence-corrected chi connectivity index (χ3v) is 3.74. The molecule has 0 unspecified atom stereocenters. The van der Waals surface area contributed by atoms with Crippen LogP contribution in [0.25, 0.3) is 22.5 Å². The predicted octanol–water partition coefficient (Wildman–Crippen LogP) is 2.36. The van der Waals surface area contributed by atoms with Crippen molar-refractivity contribution in [3.05, 3.63) is 48.6 Å². The third-order valence-electron chi connectivity index (χ3n) is 3.74. The second-order valence-corrected chi connectivity index (χ2v) is 5.65. The Morgan fingerprint density at radius 2 is 2.04 bits per heavy atom. The van der Waals surface area contributed by atoms with Gasteiger partial charge in [-0.15, -0.1) is 0 Å². The Morgan fingerprint density at radius 3 is 2.68 bits per heavy atom. The van der Waals surface area contributed by atoms with Gasteiger partial charge >= 0.3 is 0 Å². The Hall–Kier alpha value is -3.03. The molecule has 0 spiro atoms. The first kappa shape index (κ1) is 16.8. The molecule has 130 valence electrons. The summed E-state index contributed by atoms with van der Waals surface area (Å²) in [6.07, 6.45) is 5.10. The molecule has 6 nitrogen and oxygen atoms in total. The Balaban J connectivity index is 2.04. The highest BCUT2D eigenvalue weighted by Gasteiger charge is 2.17. The van der Waals surface area contributed by atoms with E-state index in [2.05, 4.69) is 15.4 Å². The SMILES string of the molecule is CC(=O)NCCn1cnc(-c2ccc(F)c(F)c2)c1-c1cnn(C)c1.